The molecule has 0 amide bonds. The van der Waals surface area contributed by atoms with Crippen molar-refractivity contribution < 1.29 is 19.2 Å². The summed E-state index contributed by atoms with van der Waals surface area (Å²) in [5.41, 5.74) is 0.901. The van der Waals surface area contributed by atoms with Crippen molar-refractivity contribution in [3.63, 3.8) is 0 Å². The van der Waals surface area contributed by atoms with Gasteiger partial charge in [-0.15, -0.1) is 0 Å². The van der Waals surface area contributed by atoms with Gasteiger partial charge in [0, 0.05) is 5.56 Å². The van der Waals surface area contributed by atoms with Gasteiger partial charge < -0.3 is 14.4 Å². The summed E-state index contributed by atoms with van der Waals surface area (Å²) in [4.78, 5) is 16.1. The predicted octanol–water partition coefficient (Wildman–Crippen LogP) is 2.57. The van der Waals surface area contributed by atoms with E-state index < -0.39 is 5.97 Å². The normalized spacial score (nSPS) is 11.3. The lowest BCUT2D eigenvalue weighted by Gasteiger charge is -2.02. The van der Waals surface area contributed by atoms with Gasteiger partial charge in [0.1, 0.15) is 5.75 Å². The SMILES string of the molecule is C/C(=N/OC(=O)c1ccco1)c1ccccc1O. The van der Waals surface area contributed by atoms with Crippen LogP contribution in [0.5, 0.6) is 5.75 Å². The molecule has 0 aliphatic heterocycles. The fourth-order valence-corrected chi connectivity index (χ4v) is 1.38. The molecule has 0 spiro atoms. The first-order valence-corrected chi connectivity index (χ1v) is 5.26. The van der Waals surface area contributed by atoms with Crippen LogP contribution in [0.25, 0.3) is 0 Å². The molecule has 0 radical (unpaired) electrons. The first-order valence-electron chi connectivity index (χ1n) is 5.26. The van der Waals surface area contributed by atoms with Gasteiger partial charge in [0.2, 0.25) is 5.76 Å². The highest BCUT2D eigenvalue weighted by Gasteiger charge is 2.11. The van der Waals surface area contributed by atoms with Gasteiger partial charge in [-0.25, -0.2) is 4.79 Å². The highest BCUT2D eigenvalue weighted by molar-refractivity contribution is 6.01. The third kappa shape index (κ3) is 2.57. The first-order chi connectivity index (χ1) is 8.68. The number of rotatable bonds is 3. The molecule has 0 unspecified atom stereocenters. The Morgan fingerprint density at radius 3 is 2.72 bits per heavy atom. The molecule has 92 valence electrons. The van der Waals surface area contributed by atoms with Crippen LogP contribution in [0.4, 0.5) is 0 Å². The number of phenolic OH excluding ortho intramolecular Hbond substituents is 1. The van der Waals surface area contributed by atoms with Crippen molar-refractivity contribution in [2.24, 2.45) is 5.16 Å². The Hall–Kier alpha value is -2.56. The molecule has 0 bridgehead atoms. The molecule has 1 heterocycles. The molecule has 2 aromatic rings. The van der Waals surface area contributed by atoms with Crippen LogP contribution < -0.4 is 0 Å². The third-order valence-corrected chi connectivity index (χ3v) is 2.28. The van der Waals surface area contributed by atoms with Crippen LogP contribution in [0.2, 0.25) is 0 Å². The summed E-state index contributed by atoms with van der Waals surface area (Å²) in [5.74, 6) is -0.536. The minimum absolute atomic E-state index is 0.0730. The molecule has 0 aliphatic rings. The van der Waals surface area contributed by atoms with Crippen molar-refractivity contribution >= 4 is 11.7 Å². The highest BCUT2D eigenvalue weighted by Crippen LogP contribution is 2.16. The number of benzene rings is 1. The topological polar surface area (TPSA) is 72.0 Å². The summed E-state index contributed by atoms with van der Waals surface area (Å²) in [6, 6.07) is 9.71. The molecule has 0 fully saturated rings. The molecule has 18 heavy (non-hydrogen) atoms. The molecular formula is C13H11NO4. The predicted molar refractivity (Wildman–Crippen MR) is 64.4 cm³/mol. The van der Waals surface area contributed by atoms with Crippen LogP contribution in [0.1, 0.15) is 23.0 Å². The summed E-state index contributed by atoms with van der Waals surface area (Å²) < 4.78 is 4.86. The van der Waals surface area contributed by atoms with Crippen LogP contribution in [0.15, 0.2) is 52.2 Å². The molecule has 1 aromatic heterocycles. The minimum atomic E-state index is -0.685. The Bertz CT molecular complexity index is 572. The third-order valence-electron chi connectivity index (χ3n) is 2.28. The van der Waals surface area contributed by atoms with E-state index in [1.807, 2.05) is 0 Å². The molecule has 1 aromatic carbocycles. The van der Waals surface area contributed by atoms with Crippen molar-refractivity contribution in [2.75, 3.05) is 0 Å². The van der Waals surface area contributed by atoms with Crippen LogP contribution >= 0.6 is 0 Å². The number of furan rings is 1. The summed E-state index contributed by atoms with van der Waals surface area (Å²) in [5, 5.41) is 13.2. The lowest BCUT2D eigenvalue weighted by atomic mass is 10.1. The van der Waals surface area contributed by atoms with Gasteiger partial charge in [0.25, 0.3) is 0 Å². The zero-order valence-corrected chi connectivity index (χ0v) is 9.66. The summed E-state index contributed by atoms with van der Waals surface area (Å²) >= 11 is 0. The average molecular weight is 245 g/mol. The molecule has 0 atom stereocenters. The number of phenols is 1. The van der Waals surface area contributed by atoms with E-state index >= 15 is 0 Å². The Morgan fingerprint density at radius 2 is 2.06 bits per heavy atom. The standard InChI is InChI=1S/C13H11NO4/c1-9(10-5-2-3-6-11(10)15)14-18-13(16)12-7-4-8-17-12/h2-8,15H,1H3/b14-9-. The lowest BCUT2D eigenvalue weighted by molar-refractivity contribution is 0.0480. The van der Waals surface area contributed by atoms with Gasteiger partial charge >= 0.3 is 5.97 Å². The van der Waals surface area contributed by atoms with Gasteiger partial charge in [-0.1, -0.05) is 17.3 Å². The average Bonchev–Trinajstić information content (AvgIpc) is 2.90. The molecule has 2 rings (SSSR count). The van der Waals surface area contributed by atoms with Gasteiger partial charge in [-0.05, 0) is 31.2 Å². The van der Waals surface area contributed by atoms with E-state index in [-0.39, 0.29) is 11.5 Å². The zero-order chi connectivity index (χ0) is 13.0. The van der Waals surface area contributed by atoms with Gasteiger partial charge in [0.05, 0.1) is 12.0 Å². The van der Waals surface area contributed by atoms with Gasteiger partial charge in [-0.2, -0.15) is 0 Å². The number of para-hydroxylation sites is 1. The second-order valence-electron chi connectivity index (χ2n) is 3.55. The maximum absolute atomic E-state index is 11.4. The molecule has 5 nitrogen and oxygen atoms in total. The fraction of sp³-hybridized carbons (Fsp3) is 0.0769. The Balaban J connectivity index is 2.11. The van der Waals surface area contributed by atoms with E-state index in [1.54, 1.807) is 31.2 Å². The van der Waals surface area contributed by atoms with E-state index in [0.29, 0.717) is 11.3 Å². The van der Waals surface area contributed by atoms with Crippen LogP contribution in [0, 0.1) is 0 Å². The number of hydrogen-bond acceptors (Lipinski definition) is 5. The molecule has 0 saturated carbocycles. The van der Waals surface area contributed by atoms with Crippen LogP contribution in [-0.2, 0) is 4.84 Å². The van der Waals surface area contributed by atoms with E-state index in [1.165, 1.54) is 18.4 Å². The number of hydrogen-bond donors (Lipinski definition) is 1. The molecular weight excluding hydrogens is 234 g/mol. The second-order valence-corrected chi connectivity index (χ2v) is 3.55. The van der Waals surface area contributed by atoms with E-state index in [0.717, 1.165) is 0 Å². The quantitative estimate of drug-likeness (QED) is 0.512. The number of aromatic hydroxyl groups is 1. The first kappa shape index (κ1) is 11.9. The number of nitrogens with zero attached hydrogens (tertiary/aromatic N) is 1. The lowest BCUT2D eigenvalue weighted by Crippen LogP contribution is -2.03. The van der Waals surface area contributed by atoms with Gasteiger partial charge in [-0.3, -0.25) is 0 Å². The molecule has 0 saturated heterocycles. The van der Waals surface area contributed by atoms with Crippen molar-refractivity contribution in [1.82, 2.24) is 0 Å². The summed E-state index contributed by atoms with van der Waals surface area (Å²) in [6.07, 6.45) is 1.37. The zero-order valence-electron chi connectivity index (χ0n) is 9.66. The monoisotopic (exact) mass is 245 g/mol. The van der Waals surface area contributed by atoms with Crippen molar-refractivity contribution in [3.05, 3.63) is 54.0 Å². The minimum Gasteiger partial charge on any atom is -0.507 e. The molecule has 5 heteroatoms. The van der Waals surface area contributed by atoms with Crippen LogP contribution in [-0.4, -0.2) is 16.8 Å². The Labute approximate surface area is 103 Å². The Morgan fingerprint density at radius 1 is 1.28 bits per heavy atom. The van der Waals surface area contributed by atoms with Gasteiger partial charge in [0.15, 0.2) is 0 Å². The highest BCUT2D eigenvalue weighted by atomic mass is 16.7. The number of carbonyl (C=O) groups is 1. The van der Waals surface area contributed by atoms with Crippen LogP contribution in [0.3, 0.4) is 0 Å². The van der Waals surface area contributed by atoms with E-state index in [4.69, 9.17) is 9.25 Å². The molecule has 1 N–H and O–H groups in total. The summed E-state index contributed by atoms with van der Waals surface area (Å²) in [7, 11) is 0. The number of carbonyl (C=O) groups excluding carboxylic acids is 1. The largest absolute Gasteiger partial charge is 0.507 e. The smallest absolute Gasteiger partial charge is 0.400 e. The van der Waals surface area contributed by atoms with Crippen molar-refractivity contribution in [3.8, 4) is 5.75 Å². The molecule has 0 aliphatic carbocycles. The van der Waals surface area contributed by atoms with Crippen molar-refractivity contribution in [1.29, 1.82) is 0 Å². The van der Waals surface area contributed by atoms with E-state index in [9.17, 15) is 9.90 Å². The Kier molecular flexibility index (Phi) is 3.43. The maximum atomic E-state index is 11.4. The summed E-state index contributed by atoms with van der Waals surface area (Å²) in [6.45, 7) is 1.63. The fourth-order valence-electron chi connectivity index (χ4n) is 1.38. The number of oxime groups is 1. The second kappa shape index (κ2) is 5.18. The maximum Gasteiger partial charge on any atom is 0.400 e. The van der Waals surface area contributed by atoms with Crippen molar-refractivity contribution in [2.45, 2.75) is 6.92 Å². The van der Waals surface area contributed by atoms with E-state index in [2.05, 4.69) is 5.16 Å².